The first-order chi connectivity index (χ1) is 9.56. The number of fused-ring (bicyclic) bond motifs is 1. The van der Waals surface area contributed by atoms with Crippen molar-refractivity contribution in [1.29, 1.82) is 0 Å². The molecule has 2 heterocycles. The summed E-state index contributed by atoms with van der Waals surface area (Å²) < 4.78 is 1.88. The molecule has 0 spiro atoms. The van der Waals surface area contributed by atoms with Crippen LogP contribution in [0.4, 0.5) is 5.69 Å². The van der Waals surface area contributed by atoms with Gasteiger partial charge >= 0.3 is 0 Å². The summed E-state index contributed by atoms with van der Waals surface area (Å²) in [6.45, 7) is 4.69. The maximum Gasteiger partial charge on any atom is 0.0860 e. The van der Waals surface area contributed by atoms with E-state index in [0.29, 0.717) is 0 Å². The third-order valence-corrected chi connectivity index (χ3v) is 4.51. The zero-order chi connectivity index (χ0) is 14.3. The zero-order valence-electron chi connectivity index (χ0n) is 11.9. The lowest BCUT2D eigenvalue weighted by atomic mass is 9.98. The Morgan fingerprint density at radius 1 is 1.40 bits per heavy atom. The SMILES string of the molecule is Cc1nn(C)c(CN2CCc3c(N)cccc3C2)c1Cl. The third kappa shape index (κ3) is 2.30. The molecule has 0 atom stereocenters. The molecule has 0 bridgehead atoms. The fourth-order valence-corrected chi connectivity index (χ4v) is 3.12. The molecule has 0 unspecified atom stereocenters. The van der Waals surface area contributed by atoms with Gasteiger partial charge in [-0.1, -0.05) is 23.7 Å². The Bertz CT molecular complexity index is 648. The molecule has 3 rings (SSSR count). The molecule has 5 heteroatoms. The molecule has 1 aromatic heterocycles. The van der Waals surface area contributed by atoms with Gasteiger partial charge in [-0.3, -0.25) is 9.58 Å². The van der Waals surface area contributed by atoms with Crippen molar-refractivity contribution in [2.75, 3.05) is 12.3 Å². The number of anilines is 1. The molecule has 1 aliphatic heterocycles. The molecule has 0 saturated heterocycles. The Morgan fingerprint density at radius 2 is 2.20 bits per heavy atom. The Kier molecular flexibility index (Phi) is 3.44. The Labute approximate surface area is 124 Å². The molecule has 4 nitrogen and oxygen atoms in total. The van der Waals surface area contributed by atoms with E-state index in [1.807, 2.05) is 30.8 Å². The fourth-order valence-electron chi connectivity index (χ4n) is 2.90. The van der Waals surface area contributed by atoms with Crippen molar-refractivity contribution >= 4 is 17.3 Å². The summed E-state index contributed by atoms with van der Waals surface area (Å²) in [5, 5.41) is 5.16. The quantitative estimate of drug-likeness (QED) is 0.865. The van der Waals surface area contributed by atoms with E-state index in [2.05, 4.69) is 16.1 Å². The molecule has 106 valence electrons. The Balaban J connectivity index is 1.81. The van der Waals surface area contributed by atoms with Crippen LogP contribution < -0.4 is 5.73 Å². The largest absolute Gasteiger partial charge is 0.398 e. The van der Waals surface area contributed by atoms with Crippen molar-refractivity contribution in [2.45, 2.75) is 26.4 Å². The number of hydrogen-bond acceptors (Lipinski definition) is 3. The third-order valence-electron chi connectivity index (χ3n) is 4.02. The van der Waals surface area contributed by atoms with Crippen molar-refractivity contribution in [3.05, 3.63) is 45.7 Å². The number of benzene rings is 1. The summed E-state index contributed by atoms with van der Waals surface area (Å²) in [7, 11) is 1.95. The van der Waals surface area contributed by atoms with Gasteiger partial charge in [0.1, 0.15) is 0 Å². The van der Waals surface area contributed by atoms with Gasteiger partial charge in [0.2, 0.25) is 0 Å². The molecule has 2 N–H and O–H groups in total. The van der Waals surface area contributed by atoms with E-state index in [4.69, 9.17) is 17.3 Å². The maximum atomic E-state index is 6.33. The smallest absolute Gasteiger partial charge is 0.0860 e. The predicted octanol–water partition coefficient (Wildman–Crippen LogP) is 2.52. The van der Waals surface area contributed by atoms with Gasteiger partial charge in [0.05, 0.1) is 16.4 Å². The number of halogens is 1. The molecule has 1 aliphatic rings. The minimum absolute atomic E-state index is 0.783. The van der Waals surface area contributed by atoms with Gasteiger partial charge in [0, 0.05) is 32.4 Å². The molecule has 0 amide bonds. The fraction of sp³-hybridized carbons (Fsp3) is 0.400. The lowest BCUT2D eigenvalue weighted by Gasteiger charge is -2.29. The molecule has 0 fully saturated rings. The summed E-state index contributed by atoms with van der Waals surface area (Å²) in [4.78, 5) is 2.39. The second kappa shape index (κ2) is 5.11. The average molecular weight is 291 g/mol. The van der Waals surface area contributed by atoms with Crippen LogP contribution in [0.2, 0.25) is 5.02 Å². The first kappa shape index (κ1) is 13.5. The summed E-state index contributed by atoms with van der Waals surface area (Å²) in [6, 6.07) is 6.17. The van der Waals surface area contributed by atoms with Crippen LogP contribution in [0.3, 0.4) is 0 Å². The lowest BCUT2D eigenvalue weighted by molar-refractivity contribution is 0.239. The molecule has 0 radical (unpaired) electrons. The number of nitrogen functional groups attached to an aromatic ring is 1. The van der Waals surface area contributed by atoms with Crippen LogP contribution in [0.25, 0.3) is 0 Å². The van der Waals surface area contributed by atoms with Crippen LogP contribution in [0.1, 0.15) is 22.5 Å². The molecular formula is C15H19ClN4. The highest BCUT2D eigenvalue weighted by molar-refractivity contribution is 6.31. The minimum Gasteiger partial charge on any atom is -0.398 e. The highest BCUT2D eigenvalue weighted by Crippen LogP contribution is 2.27. The van der Waals surface area contributed by atoms with Crippen LogP contribution in [0.5, 0.6) is 0 Å². The van der Waals surface area contributed by atoms with Crippen LogP contribution >= 0.6 is 11.6 Å². The van der Waals surface area contributed by atoms with Crippen LogP contribution in [-0.2, 0) is 26.6 Å². The van der Waals surface area contributed by atoms with Gasteiger partial charge in [0.25, 0.3) is 0 Å². The Hall–Kier alpha value is -1.52. The van der Waals surface area contributed by atoms with Gasteiger partial charge in [-0.25, -0.2) is 0 Å². The average Bonchev–Trinajstić information content (AvgIpc) is 2.66. The van der Waals surface area contributed by atoms with Crippen molar-refractivity contribution < 1.29 is 0 Å². The van der Waals surface area contributed by atoms with Crippen LogP contribution in [0.15, 0.2) is 18.2 Å². The molecule has 0 aliphatic carbocycles. The first-order valence-corrected chi connectivity index (χ1v) is 7.20. The number of nitrogens with zero attached hydrogens (tertiary/aromatic N) is 3. The van der Waals surface area contributed by atoms with Crippen molar-refractivity contribution in [1.82, 2.24) is 14.7 Å². The normalized spacial score (nSPS) is 15.3. The zero-order valence-corrected chi connectivity index (χ0v) is 12.6. The van der Waals surface area contributed by atoms with Gasteiger partial charge in [0.15, 0.2) is 0 Å². The predicted molar refractivity (Wildman–Crippen MR) is 81.6 cm³/mol. The summed E-state index contributed by atoms with van der Waals surface area (Å²) in [5.74, 6) is 0. The van der Waals surface area contributed by atoms with Gasteiger partial charge < -0.3 is 5.73 Å². The molecule has 1 aromatic carbocycles. The standard InChI is InChI=1S/C15H19ClN4/c1-10-15(16)14(19(2)18-10)9-20-7-6-12-11(8-20)4-3-5-13(12)17/h3-5H,6-9,17H2,1-2H3. The van der Waals surface area contributed by atoms with E-state index >= 15 is 0 Å². The number of aromatic nitrogens is 2. The van der Waals surface area contributed by atoms with Crippen molar-refractivity contribution in [2.24, 2.45) is 7.05 Å². The monoisotopic (exact) mass is 290 g/mol. The number of rotatable bonds is 2. The number of nitrogens with two attached hydrogens (primary N) is 1. The van der Waals surface area contributed by atoms with Crippen LogP contribution in [0, 0.1) is 6.92 Å². The van der Waals surface area contributed by atoms with E-state index in [1.54, 1.807) is 0 Å². The summed E-state index contributed by atoms with van der Waals surface area (Å²) in [5.41, 5.74) is 11.6. The Morgan fingerprint density at radius 3 is 2.90 bits per heavy atom. The summed E-state index contributed by atoms with van der Waals surface area (Å²) in [6.07, 6.45) is 0.996. The maximum absolute atomic E-state index is 6.33. The number of hydrogen-bond donors (Lipinski definition) is 1. The van der Waals surface area contributed by atoms with E-state index in [0.717, 1.165) is 48.2 Å². The van der Waals surface area contributed by atoms with Gasteiger partial charge in [-0.15, -0.1) is 0 Å². The number of aryl methyl sites for hydroxylation is 2. The lowest BCUT2D eigenvalue weighted by Crippen LogP contribution is -2.31. The second-order valence-corrected chi connectivity index (χ2v) is 5.79. The molecule has 2 aromatic rings. The highest BCUT2D eigenvalue weighted by atomic mass is 35.5. The molecular weight excluding hydrogens is 272 g/mol. The highest BCUT2D eigenvalue weighted by Gasteiger charge is 2.20. The molecule has 20 heavy (non-hydrogen) atoms. The van der Waals surface area contributed by atoms with E-state index in [-0.39, 0.29) is 0 Å². The van der Waals surface area contributed by atoms with E-state index in [9.17, 15) is 0 Å². The van der Waals surface area contributed by atoms with E-state index in [1.165, 1.54) is 11.1 Å². The topological polar surface area (TPSA) is 47.1 Å². The minimum atomic E-state index is 0.783. The molecule has 0 saturated carbocycles. The second-order valence-electron chi connectivity index (χ2n) is 5.42. The van der Waals surface area contributed by atoms with Gasteiger partial charge in [-0.05, 0) is 30.5 Å². The van der Waals surface area contributed by atoms with Gasteiger partial charge in [-0.2, -0.15) is 5.10 Å². The van der Waals surface area contributed by atoms with Crippen molar-refractivity contribution in [3.8, 4) is 0 Å². The van der Waals surface area contributed by atoms with Crippen LogP contribution in [-0.4, -0.2) is 21.2 Å². The van der Waals surface area contributed by atoms with Crippen molar-refractivity contribution in [3.63, 3.8) is 0 Å². The van der Waals surface area contributed by atoms with E-state index < -0.39 is 0 Å². The first-order valence-electron chi connectivity index (χ1n) is 6.83. The summed E-state index contributed by atoms with van der Waals surface area (Å²) >= 11 is 6.33.